The van der Waals surface area contributed by atoms with E-state index in [0.717, 1.165) is 29.3 Å². The number of halogens is 1. The van der Waals surface area contributed by atoms with Crippen LogP contribution in [0.5, 0.6) is 0 Å². The summed E-state index contributed by atoms with van der Waals surface area (Å²) < 4.78 is 0.840. The Kier molecular flexibility index (Phi) is 4.86. The van der Waals surface area contributed by atoms with Crippen molar-refractivity contribution in [2.24, 2.45) is 17.8 Å². The summed E-state index contributed by atoms with van der Waals surface area (Å²) in [7, 11) is 0. The fourth-order valence-corrected chi connectivity index (χ4v) is 5.44. The molecule has 0 radical (unpaired) electrons. The van der Waals surface area contributed by atoms with Crippen LogP contribution in [-0.4, -0.2) is 35.2 Å². The minimum atomic E-state index is -1.18. The van der Waals surface area contributed by atoms with E-state index in [1.54, 1.807) is 0 Å². The second kappa shape index (κ2) is 6.95. The number of nitrogens with zero attached hydrogens (tertiary/aromatic N) is 1. The Morgan fingerprint density at radius 2 is 1.96 bits per heavy atom. The Morgan fingerprint density at radius 1 is 1.21 bits per heavy atom. The van der Waals surface area contributed by atoms with E-state index in [1.807, 2.05) is 25.1 Å². The fraction of sp³-hybridized carbons (Fsp3) is 0.571. The van der Waals surface area contributed by atoms with Gasteiger partial charge in [0.15, 0.2) is 0 Å². The van der Waals surface area contributed by atoms with Crippen molar-refractivity contribution in [1.29, 1.82) is 0 Å². The number of imide groups is 1. The molecule has 0 saturated carbocycles. The summed E-state index contributed by atoms with van der Waals surface area (Å²) in [5, 5.41) is 6.40. The Hall–Kier alpha value is -1.73. The summed E-state index contributed by atoms with van der Waals surface area (Å²) in [6.45, 7) is 6.65. The number of carbonyl (C=O) groups is 3. The molecule has 2 saturated heterocycles. The van der Waals surface area contributed by atoms with Crippen LogP contribution in [0.15, 0.2) is 22.7 Å². The number of hydrogen-bond acceptors (Lipinski definition) is 4. The average molecular weight is 448 g/mol. The molecule has 0 aromatic heterocycles. The number of nitrogens with one attached hydrogen (secondary N) is 2. The molecule has 4 atom stereocenters. The third-order valence-electron chi connectivity index (χ3n) is 6.23. The van der Waals surface area contributed by atoms with Crippen LogP contribution in [0.25, 0.3) is 0 Å². The van der Waals surface area contributed by atoms with Gasteiger partial charge in [-0.1, -0.05) is 43.1 Å². The van der Waals surface area contributed by atoms with Gasteiger partial charge < -0.3 is 5.32 Å². The monoisotopic (exact) mass is 447 g/mol. The van der Waals surface area contributed by atoms with Crippen LogP contribution in [-0.2, 0) is 19.9 Å². The van der Waals surface area contributed by atoms with Crippen molar-refractivity contribution in [2.45, 2.75) is 51.6 Å². The third kappa shape index (κ3) is 2.66. The molecule has 6 nitrogen and oxygen atoms in total. The maximum Gasteiger partial charge on any atom is 0.250 e. The first-order valence-electron chi connectivity index (χ1n) is 10.1. The van der Waals surface area contributed by atoms with E-state index in [0.29, 0.717) is 18.2 Å². The maximum atomic E-state index is 13.4. The molecule has 1 spiro atoms. The smallest absolute Gasteiger partial charge is 0.250 e. The van der Waals surface area contributed by atoms with Gasteiger partial charge in [-0.2, -0.15) is 0 Å². The lowest BCUT2D eigenvalue weighted by molar-refractivity contribution is -0.142. The molecule has 150 valence electrons. The van der Waals surface area contributed by atoms with Crippen LogP contribution in [0.2, 0.25) is 0 Å². The Balaban J connectivity index is 1.84. The number of rotatable bonds is 5. The third-order valence-corrected chi connectivity index (χ3v) is 6.72. The van der Waals surface area contributed by atoms with Crippen molar-refractivity contribution >= 4 is 39.3 Å². The zero-order valence-electron chi connectivity index (χ0n) is 16.4. The summed E-state index contributed by atoms with van der Waals surface area (Å²) in [4.78, 5) is 41.3. The van der Waals surface area contributed by atoms with Crippen LogP contribution in [0.1, 0.15) is 45.6 Å². The molecule has 28 heavy (non-hydrogen) atoms. The van der Waals surface area contributed by atoms with E-state index < -0.39 is 17.4 Å². The highest BCUT2D eigenvalue weighted by atomic mass is 79.9. The van der Waals surface area contributed by atoms with Crippen molar-refractivity contribution in [3.8, 4) is 0 Å². The van der Waals surface area contributed by atoms with Crippen molar-refractivity contribution < 1.29 is 14.4 Å². The van der Waals surface area contributed by atoms with Gasteiger partial charge in [-0.15, -0.1) is 0 Å². The van der Waals surface area contributed by atoms with Crippen LogP contribution < -0.4 is 10.6 Å². The fourth-order valence-electron chi connectivity index (χ4n) is 5.08. The number of amides is 3. The van der Waals surface area contributed by atoms with Gasteiger partial charge in [-0.05, 0) is 37.0 Å². The first-order valence-corrected chi connectivity index (χ1v) is 10.8. The van der Waals surface area contributed by atoms with Gasteiger partial charge in [0.05, 0.1) is 11.8 Å². The molecule has 3 aliphatic rings. The summed E-state index contributed by atoms with van der Waals surface area (Å²) in [5.41, 5.74) is 0.278. The molecule has 1 aromatic rings. The van der Waals surface area contributed by atoms with E-state index in [4.69, 9.17) is 0 Å². The molecule has 3 aliphatic heterocycles. The van der Waals surface area contributed by atoms with E-state index in [-0.39, 0.29) is 23.8 Å². The molecule has 4 rings (SSSR count). The van der Waals surface area contributed by atoms with Crippen molar-refractivity contribution in [3.63, 3.8) is 0 Å². The quantitative estimate of drug-likeness (QED) is 0.679. The van der Waals surface area contributed by atoms with Gasteiger partial charge in [0, 0.05) is 28.3 Å². The normalized spacial score (nSPS) is 31.1. The highest BCUT2D eigenvalue weighted by Gasteiger charge is 2.70. The van der Waals surface area contributed by atoms with E-state index in [1.165, 1.54) is 4.90 Å². The molecular formula is C21H26BrN3O3. The highest BCUT2D eigenvalue weighted by molar-refractivity contribution is 9.10. The van der Waals surface area contributed by atoms with Gasteiger partial charge >= 0.3 is 0 Å². The minimum absolute atomic E-state index is 0.130. The molecule has 0 unspecified atom stereocenters. The summed E-state index contributed by atoms with van der Waals surface area (Å²) >= 11 is 3.49. The Morgan fingerprint density at radius 3 is 2.64 bits per heavy atom. The van der Waals surface area contributed by atoms with Crippen LogP contribution in [0.3, 0.4) is 0 Å². The second-order valence-corrected chi connectivity index (χ2v) is 9.43. The lowest BCUT2D eigenvalue weighted by Gasteiger charge is -2.30. The molecule has 0 aliphatic carbocycles. The Bertz CT molecular complexity index is 855. The average Bonchev–Trinajstić information content (AvgIpc) is 3.19. The van der Waals surface area contributed by atoms with Gasteiger partial charge in [0.25, 0.3) is 0 Å². The van der Waals surface area contributed by atoms with E-state index in [2.05, 4.69) is 40.4 Å². The zero-order chi connectivity index (χ0) is 20.2. The van der Waals surface area contributed by atoms with Crippen molar-refractivity contribution in [2.75, 3.05) is 11.9 Å². The summed E-state index contributed by atoms with van der Waals surface area (Å²) in [6.07, 6.45) is 2.42. The lowest BCUT2D eigenvalue weighted by Crippen LogP contribution is -2.53. The zero-order valence-corrected chi connectivity index (χ0v) is 18.0. The summed E-state index contributed by atoms with van der Waals surface area (Å²) in [5.74, 6) is -1.44. The first kappa shape index (κ1) is 19.6. The number of carbonyl (C=O) groups excluding carboxylic acids is 3. The molecule has 2 fully saturated rings. The van der Waals surface area contributed by atoms with Gasteiger partial charge in [0.2, 0.25) is 17.7 Å². The van der Waals surface area contributed by atoms with E-state index >= 15 is 0 Å². The van der Waals surface area contributed by atoms with Crippen LogP contribution >= 0.6 is 15.9 Å². The number of fused-ring (bicyclic) bond motifs is 4. The molecule has 3 heterocycles. The predicted octanol–water partition coefficient (Wildman–Crippen LogP) is 3.02. The van der Waals surface area contributed by atoms with Crippen LogP contribution in [0, 0.1) is 17.8 Å². The number of benzene rings is 1. The standard InChI is InChI=1S/C21H26BrN3O3/c1-4-5-8-25-18(26)16-15(9-11(2)3)24-21(17(16)19(25)27)13-10-12(22)6-7-14(13)23-20(21)28/h6-7,10-11,15-17,24H,4-5,8-9H2,1-3H3,(H,23,28)/t15-,16+,17-,21+/m0/s1. The van der Waals surface area contributed by atoms with Crippen molar-refractivity contribution in [1.82, 2.24) is 10.2 Å². The largest absolute Gasteiger partial charge is 0.324 e. The van der Waals surface area contributed by atoms with Gasteiger partial charge in [-0.25, -0.2) is 0 Å². The predicted molar refractivity (Wildman–Crippen MR) is 109 cm³/mol. The highest BCUT2D eigenvalue weighted by Crippen LogP contribution is 2.54. The summed E-state index contributed by atoms with van der Waals surface area (Å²) in [6, 6.07) is 5.39. The number of anilines is 1. The first-order chi connectivity index (χ1) is 13.3. The molecule has 3 amide bonds. The number of hydrogen-bond donors (Lipinski definition) is 2. The van der Waals surface area contributed by atoms with Gasteiger partial charge in [-0.3, -0.25) is 24.6 Å². The lowest BCUT2D eigenvalue weighted by atomic mass is 9.76. The molecule has 7 heteroatoms. The van der Waals surface area contributed by atoms with Crippen molar-refractivity contribution in [3.05, 3.63) is 28.2 Å². The SMILES string of the molecule is CCCCN1C(=O)[C@@H]2[C@H](CC(C)C)N[C@@]3(C(=O)Nc4ccc(Br)cc43)[C@@H]2C1=O. The minimum Gasteiger partial charge on any atom is -0.324 e. The topological polar surface area (TPSA) is 78.5 Å². The number of likely N-dealkylation sites (tertiary alicyclic amines) is 1. The second-order valence-electron chi connectivity index (χ2n) is 8.52. The molecular weight excluding hydrogens is 422 g/mol. The van der Waals surface area contributed by atoms with E-state index in [9.17, 15) is 14.4 Å². The molecule has 0 bridgehead atoms. The van der Waals surface area contributed by atoms with Gasteiger partial charge in [0.1, 0.15) is 5.54 Å². The Labute approximate surface area is 173 Å². The number of unbranched alkanes of at least 4 members (excludes halogenated alkanes) is 1. The molecule has 1 aromatic carbocycles. The molecule has 2 N–H and O–H groups in total. The maximum absolute atomic E-state index is 13.4. The van der Waals surface area contributed by atoms with Crippen LogP contribution in [0.4, 0.5) is 5.69 Å².